The highest BCUT2D eigenvalue weighted by molar-refractivity contribution is 5.94. The van der Waals surface area contributed by atoms with Crippen LogP contribution in [0.15, 0.2) is 47.1 Å². The summed E-state index contributed by atoms with van der Waals surface area (Å²) >= 11 is 0. The highest BCUT2D eigenvalue weighted by atomic mass is 16.3. The van der Waals surface area contributed by atoms with Crippen molar-refractivity contribution in [3.63, 3.8) is 0 Å². The van der Waals surface area contributed by atoms with Gasteiger partial charge in [0.2, 0.25) is 0 Å². The normalized spacial score (nSPS) is 20.6. The molecule has 2 saturated heterocycles. The largest absolute Gasteiger partial charge is 0.441 e. The number of hydrogen-bond donors (Lipinski definition) is 0. The van der Waals surface area contributed by atoms with Crippen molar-refractivity contribution in [3.05, 3.63) is 54.3 Å². The maximum atomic E-state index is 13.3. The SMILES string of the molecule is Cc1nc2cc(-c3ccc4ncc(C(=O)N5CC(N6CCN(C)[C@H](C)C6)C5)n4c3)ccc2o1. The minimum absolute atomic E-state index is 0.0423. The number of fused-ring (bicyclic) bond motifs is 2. The van der Waals surface area contributed by atoms with Crippen molar-refractivity contribution in [1.82, 2.24) is 29.1 Å². The Kier molecular flexibility index (Phi) is 4.74. The second-order valence-electron chi connectivity index (χ2n) is 9.39. The molecular formula is C25H28N6O2. The first-order valence-electron chi connectivity index (χ1n) is 11.5. The number of likely N-dealkylation sites (tertiary alicyclic amines) is 1. The van der Waals surface area contributed by atoms with Gasteiger partial charge >= 0.3 is 0 Å². The standard InChI is InChI=1S/C25H28N6O2/c1-16-12-29(9-8-28(16)3)20-14-30(15-20)25(32)22-11-26-24-7-5-19(13-31(22)24)18-4-6-23-21(10-18)27-17(2)33-23/h4-7,10-11,13,16,20H,8-9,12,14-15H2,1-3H3/t16-/m1/s1. The summed E-state index contributed by atoms with van der Waals surface area (Å²) < 4.78 is 7.50. The molecule has 0 spiro atoms. The van der Waals surface area contributed by atoms with Crippen LogP contribution in [-0.2, 0) is 0 Å². The minimum atomic E-state index is 0.0423. The van der Waals surface area contributed by atoms with Crippen LogP contribution in [0.4, 0.5) is 0 Å². The maximum Gasteiger partial charge on any atom is 0.272 e. The monoisotopic (exact) mass is 444 g/mol. The molecule has 2 aliphatic heterocycles. The van der Waals surface area contributed by atoms with Gasteiger partial charge in [-0.2, -0.15) is 0 Å². The molecule has 1 atom stereocenters. The van der Waals surface area contributed by atoms with Gasteiger partial charge in [0.25, 0.3) is 5.91 Å². The first kappa shape index (κ1) is 20.4. The molecule has 2 aliphatic rings. The van der Waals surface area contributed by atoms with Crippen LogP contribution < -0.4 is 0 Å². The molecule has 1 amide bonds. The number of carbonyl (C=O) groups excluding carboxylic acids is 1. The van der Waals surface area contributed by atoms with Crippen LogP contribution in [0.5, 0.6) is 0 Å². The van der Waals surface area contributed by atoms with Gasteiger partial charge in [-0.05, 0) is 49.4 Å². The van der Waals surface area contributed by atoms with Gasteiger partial charge in [0.05, 0.1) is 6.20 Å². The number of piperazine rings is 1. The van der Waals surface area contributed by atoms with Crippen LogP contribution in [0.2, 0.25) is 0 Å². The highest BCUT2D eigenvalue weighted by Gasteiger charge is 2.38. The van der Waals surface area contributed by atoms with E-state index in [1.54, 1.807) is 6.20 Å². The van der Waals surface area contributed by atoms with E-state index < -0.39 is 0 Å². The summed E-state index contributed by atoms with van der Waals surface area (Å²) in [7, 11) is 2.18. The van der Waals surface area contributed by atoms with Crippen LogP contribution in [0, 0.1) is 6.92 Å². The molecule has 1 aromatic carbocycles. The Morgan fingerprint density at radius 3 is 2.73 bits per heavy atom. The lowest BCUT2D eigenvalue weighted by Gasteiger charge is -2.49. The molecule has 6 rings (SSSR count). The molecule has 33 heavy (non-hydrogen) atoms. The van der Waals surface area contributed by atoms with Crippen molar-refractivity contribution < 1.29 is 9.21 Å². The lowest BCUT2D eigenvalue weighted by atomic mass is 10.0. The van der Waals surface area contributed by atoms with Gasteiger partial charge in [-0.15, -0.1) is 0 Å². The van der Waals surface area contributed by atoms with Crippen LogP contribution >= 0.6 is 0 Å². The molecule has 0 unspecified atom stereocenters. The molecule has 8 nitrogen and oxygen atoms in total. The van der Waals surface area contributed by atoms with Crippen molar-refractivity contribution in [2.45, 2.75) is 25.9 Å². The molecule has 0 aliphatic carbocycles. The number of carbonyl (C=O) groups is 1. The highest BCUT2D eigenvalue weighted by Crippen LogP contribution is 2.27. The second-order valence-corrected chi connectivity index (χ2v) is 9.39. The van der Waals surface area contributed by atoms with Gasteiger partial charge < -0.3 is 14.2 Å². The third-order valence-electron chi connectivity index (χ3n) is 7.21. The Morgan fingerprint density at radius 2 is 1.91 bits per heavy atom. The lowest BCUT2D eigenvalue weighted by molar-refractivity contribution is -0.00187. The quantitative estimate of drug-likeness (QED) is 0.484. The first-order valence-corrected chi connectivity index (χ1v) is 11.5. The van der Waals surface area contributed by atoms with E-state index >= 15 is 0 Å². The fourth-order valence-corrected chi connectivity index (χ4v) is 4.95. The number of amides is 1. The summed E-state index contributed by atoms with van der Waals surface area (Å²) in [6, 6.07) is 11.0. The number of aryl methyl sites for hydroxylation is 1. The van der Waals surface area contributed by atoms with E-state index in [0.29, 0.717) is 23.7 Å². The Balaban J connectivity index is 1.22. The number of pyridine rings is 1. The van der Waals surface area contributed by atoms with Crippen LogP contribution in [0.25, 0.3) is 27.9 Å². The average molecular weight is 445 g/mol. The van der Waals surface area contributed by atoms with Crippen molar-refractivity contribution in [1.29, 1.82) is 0 Å². The topological polar surface area (TPSA) is 70.1 Å². The molecule has 0 bridgehead atoms. The van der Waals surface area contributed by atoms with Gasteiger partial charge in [-0.3, -0.25) is 14.1 Å². The Morgan fingerprint density at radius 1 is 1.09 bits per heavy atom. The molecule has 8 heteroatoms. The van der Waals surface area contributed by atoms with Crippen molar-refractivity contribution >= 4 is 22.7 Å². The van der Waals surface area contributed by atoms with E-state index in [1.165, 1.54) is 0 Å². The number of rotatable bonds is 3. The molecule has 0 N–H and O–H groups in total. The minimum Gasteiger partial charge on any atom is -0.441 e. The molecule has 3 aromatic heterocycles. The van der Waals surface area contributed by atoms with Crippen molar-refractivity contribution in [2.24, 2.45) is 0 Å². The Hall–Kier alpha value is -3.23. The van der Waals surface area contributed by atoms with Gasteiger partial charge in [0.15, 0.2) is 11.5 Å². The van der Waals surface area contributed by atoms with E-state index in [2.05, 4.69) is 33.7 Å². The van der Waals surface area contributed by atoms with Gasteiger partial charge in [0.1, 0.15) is 16.9 Å². The number of imidazole rings is 1. The average Bonchev–Trinajstić information content (AvgIpc) is 3.36. The zero-order valence-electron chi connectivity index (χ0n) is 19.2. The second kappa shape index (κ2) is 7.67. The zero-order valence-corrected chi connectivity index (χ0v) is 19.2. The number of nitrogens with zero attached hydrogens (tertiary/aromatic N) is 6. The third kappa shape index (κ3) is 3.50. The molecule has 0 saturated carbocycles. The van der Waals surface area contributed by atoms with Gasteiger partial charge in [0, 0.05) is 57.9 Å². The number of benzene rings is 1. The van der Waals surface area contributed by atoms with Crippen LogP contribution in [0.3, 0.4) is 0 Å². The van der Waals surface area contributed by atoms with Crippen LogP contribution in [0.1, 0.15) is 23.3 Å². The van der Waals surface area contributed by atoms with E-state index in [1.807, 2.05) is 52.8 Å². The maximum absolute atomic E-state index is 13.3. The fourth-order valence-electron chi connectivity index (χ4n) is 4.95. The van der Waals surface area contributed by atoms with Gasteiger partial charge in [-0.1, -0.05) is 6.07 Å². The first-order chi connectivity index (χ1) is 16.0. The van der Waals surface area contributed by atoms with Gasteiger partial charge in [-0.25, -0.2) is 9.97 Å². The third-order valence-corrected chi connectivity index (χ3v) is 7.21. The number of aromatic nitrogens is 3. The predicted molar refractivity (Wildman–Crippen MR) is 126 cm³/mol. The molecule has 0 radical (unpaired) electrons. The summed E-state index contributed by atoms with van der Waals surface area (Å²) in [5, 5.41) is 0. The summed E-state index contributed by atoms with van der Waals surface area (Å²) in [6.07, 6.45) is 3.68. The molecule has 170 valence electrons. The smallest absolute Gasteiger partial charge is 0.272 e. The molecule has 2 fully saturated rings. The summed E-state index contributed by atoms with van der Waals surface area (Å²) in [5.41, 5.74) is 5.01. The molecule has 5 heterocycles. The van der Waals surface area contributed by atoms with Crippen molar-refractivity contribution in [3.8, 4) is 11.1 Å². The van der Waals surface area contributed by atoms with E-state index in [-0.39, 0.29) is 5.91 Å². The van der Waals surface area contributed by atoms with E-state index in [9.17, 15) is 4.79 Å². The fraction of sp³-hybridized carbons (Fsp3) is 0.400. The Labute approximate surface area is 192 Å². The number of hydrogen-bond acceptors (Lipinski definition) is 6. The predicted octanol–water partition coefficient (Wildman–Crippen LogP) is 2.91. The van der Waals surface area contributed by atoms with E-state index in [0.717, 1.165) is 60.6 Å². The lowest BCUT2D eigenvalue weighted by Crippen LogP contribution is -2.65. The molecular weight excluding hydrogens is 416 g/mol. The van der Waals surface area contributed by atoms with Crippen molar-refractivity contribution in [2.75, 3.05) is 39.8 Å². The Bertz CT molecular complexity index is 1350. The zero-order chi connectivity index (χ0) is 22.7. The summed E-state index contributed by atoms with van der Waals surface area (Å²) in [4.78, 5) is 29.1. The number of oxazole rings is 1. The van der Waals surface area contributed by atoms with Crippen LogP contribution in [-0.4, -0.2) is 86.8 Å². The van der Waals surface area contributed by atoms with E-state index in [4.69, 9.17) is 4.42 Å². The summed E-state index contributed by atoms with van der Waals surface area (Å²) in [6.45, 7) is 8.90. The molecule has 4 aromatic rings. The summed E-state index contributed by atoms with van der Waals surface area (Å²) in [5.74, 6) is 0.694. The number of likely N-dealkylation sites (N-methyl/N-ethyl adjacent to an activating group) is 1.